The summed E-state index contributed by atoms with van der Waals surface area (Å²) in [5, 5.41) is 14.4. The molecule has 1 unspecified atom stereocenters. The Labute approximate surface area is 197 Å². The Hall–Kier alpha value is -2.85. The number of carbonyl (C=O) groups is 2. The molecule has 174 valence electrons. The molecule has 4 rings (SSSR count). The van der Waals surface area contributed by atoms with E-state index in [1.807, 2.05) is 0 Å². The van der Waals surface area contributed by atoms with Gasteiger partial charge < -0.3 is 15.2 Å². The minimum absolute atomic E-state index is 0.114. The number of hydrogen-bond donors (Lipinski definition) is 2. The smallest absolute Gasteiger partial charge is 0.338 e. The molecule has 0 bridgehead atoms. The number of esters is 1. The number of hydrogen-bond acceptors (Lipinski definition) is 7. The number of nitrogens with one attached hydrogen (secondary N) is 1. The molecule has 7 nitrogen and oxygen atoms in total. The molecule has 0 amide bonds. The van der Waals surface area contributed by atoms with Crippen molar-refractivity contribution in [2.24, 2.45) is 16.8 Å². The van der Waals surface area contributed by atoms with Crippen molar-refractivity contribution in [3.8, 4) is 0 Å². The zero-order valence-corrected chi connectivity index (χ0v) is 19.1. The minimum atomic E-state index is -1.23. The van der Waals surface area contributed by atoms with Crippen molar-refractivity contribution in [1.82, 2.24) is 10.3 Å². The van der Waals surface area contributed by atoms with E-state index in [4.69, 9.17) is 16.3 Å². The molecule has 1 aliphatic heterocycles. The number of aliphatic carboxylic acids is 1. The third-order valence-corrected chi connectivity index (χ3v) is 7.12. The first kappa shape index (κ1) is 23.3. The maximum absolute atomic E-state index is 14.3. The van der Waals surface area contributed by atoms with Gasteiger partial charge in [-0.3, -0.25) is 9.79 Å². The molecule has 2 heterocycles. The van der Waals surface area contributed by atoms with E-state index in [-0.39, 0.29) is 17.1 Å². The predicted molar refractivity (Wildman–Crippen MR) is 118 cm³/mol. The molecule has 33 heavy (non-hydrogen) atoms. The van der Waals surface area contributed by atoms with E-state index in [2.05, 4.69) is 15.3 Å². The number of rotatable bonds is 5. The summed E-state index contributed by atoms with van der Waals surface area (Å²) < 4.78 is 33.1. The minimum Gasteiger partial charge on any atom is -0.481 e. The number of aromatic nitrogens is 1. The molecular weight excluding hydrogens is 476 g/mol. The van der Waals surface area contributed by atoms with Crippen molar-refractivity contribution in [2.45, 2.75) is 31.7 Å². The average Bonchev–Trinajstić information content (AvgIpc) is 3.36. The lowest BCUT2D eigenvalue weighted by Gasteiger charge is -2.34. The summed E-state index contributed by atoms with van der Waals surface area (Å²) in [4.78, 5) is 33.2. The van der Waals surface area contributed by atoms with E-state index in [1.54, 1.807) is 11.6 Å². The number of carboxylic acid groups (broad SMARTS) is 1. The van der Waals surface area contributed by atoms with Crippen LogP contribution in [0, 0.1) is 23.5 Å². The van der Waals surface area contributed by atoms with Crippen LogP contribution in [-0.4, -0.2) is 35.0 Å². The first-order chi connectivity index (χ1) is 15.8. The van der Waals surface area contributed by atoms with Crippen molar-refractivity contribution < 1.29 is 28.2 Å². The fraction of sp³-hybridized carbons (Fsp3) is 0.364. The fourth-order valence-electron chi connectivity index (χ4n) is 4.28. The molecular formula is C22H20ClF2N3O4S. The fourth-order valence-corrected chi connectivity index (χ4v) is 5.12. The van der Waals surface area contributed by atoms with Gasteiger partial charge in [0, 0.05) is 22.8 Å². The summed E-state index contributed by atoms with van der Waals surface area (Å²) in [6, 6.07) is 1.16. The molecule has 1 aliphatic carbocycles. The lowest BCUT2D eigenvalue weighted by molar-refractivity contribution is -0.143. The van der Waals surface area contributed by atoms with Gasteiger partial charge in [0.25, 0.3) is 0 Å². The summed E-state index contributed by atoms with van der Waals surface area (Å²) in [5.41, 5.74) is 0.754. The van der Waals surface area contributed by atoms with Gasteiger partial charge in [0.1, 0.15) is 6.04 Å². The third kappa shape index (κ3) is 4.49. The van der Waals surface area contributed by atoms with E-state index in [0.717, 1.165) is 6.07 Å². The number of amidine groups is 1. The van der Waals surface area contributed by atoms with Crippen LogP contribution < -0.4 is 5.32 Å². The number of aliphatic imine (C=N–C) groups is 1. The summed E-state index contributed by atoms with van der Waals surface area (Å²) in [6.07, 6.45) is 3.52. The molecule has 1 saturated carbocycles. The van der Waals surface area contributed by atoms with Gasteiger partial charge in [-0.2, -0.15) is 0 Å². The van der Waals surface area contributed by atoms with Crippen molar-refractivity contribution in [3.05, 3.63) is 62.2 Å². The van der Waals surface area contributed by atoms with Crippen molar-refractivity contribution in [2.75, 3.05) is 7.11 Å². The van der Waals surface area contributed by atoms with E-state index >= 15 is 0 Å². The molecule has 2 N–H and O–H groups in total. The summed E-state index contributed by atoms with van der Waals surface area (Å²) in [7, 11) is 1.22. The highest BCUT2D eigenvalue weighted by atomic mass is 35.5. The third-order valence-electron chi connectivity index (χ3n) is 5.96. The normalized spacial score (nSPS) is 23.0. The van der Waals surface area contributed by atoms with Crippen molar-refractivity contribution >= 4 is 40.7 Å². The summed E-state index contributed by atoms with van der Waals surface area (Å²) in [5.74, 6) is -4.15. The van der Waals surface area contributed by atoms with Gasteiger partial charge in [-0.05, 0) is 37.7 Å². The van der Waals surface area contributed by atoms with Crippen LogP contribution in [0.2, 0.25) is 5.02 Å². The number of carbonyl (C=O) groups excluding carboxylic acids is 1. The zero-order chi connectivity index (χ0) is 23.7. The number of methoxy groups -OCH3 is 1. The summed E-state index contributed by atoms with van der Waals surface area (Å²) in [6.45, 7) is 0. The van der Waals surface area contributed by atoms with Crippen LogP contribution in [0.4, 0.5) is 8.78 Å². The largest absolute Gasteiger partial charge is 0.481 e. The van der Waals surface area contributed by atoms with Crippen LogP contribution >= 0.6 is 22.9 Å². The van der Waals surface area contributed by atoms with Crippen molar-refractivity contribution in [1.29, 1.82) is 0 Å². The van der Waals surface area contributed by atoms with E-state index < -0.39 is 40.6 Å². The standard InChI is InChI=1S/C22H20ClF2N3O4S/c1-32-22(31)14-17(10-2-4-11(5-3-10)21(29)30)27-19(20-26-8-9-33-20)28-18(14)12-6-7-13(24)16(25)15(12)23/h6-11,18H,2-5H2,1H3,(H,27,28)(H,29,30). The van der Waals surface area contributed by atoms with Crippen LogP contribution in [0.25, 0.3) is 0 Å². The molecule has 1 aromatic carbocycles. The van der Waals surface area contributed by atoms with Crippen LogP contribution in [0.1, 0.15) is 42.3 Å². The number of ether oxygens (including phenoxy) is 1. The molecule has 0 radical (unpaired) electrons. The van der Waals surface area contributed by atoms with Gasteiger partial charge in [-0.1, -0.05) is 17.7 Å². The maximum atomic E-state index is 14.3. The molecule has 2 aliphatic rings. The van der Waals surface area contributed by atoms with Crippen LogP contribution in [0.15, 0.2) is 40.0 Å². The number of thiazole rings is 1. The maximum Gasteiger partial charge on any atom is 0.338 e. The molecule has 0 spiro atoms. The van der Waals surface area contributed by atoms with Crippen LogP contribution in [0.3, 0.4) is 0 Å². The second kappa shape index (κ2) is 9.56. The summed E-state index contributed by atoms with van der Waals surface area (Å²) >= 11 is 7.46. The highest BCUT2D eigenvalue weighted by Crippen LogP contribution is 2.42. The first-order valence-electron chi connectivity index (χ1n) is 10.2. The monoisotopic (exact) mass is 495 g/mol. The lowest BCUT2D eigenvalue weighted by Crippen LogP contribution is -2.38. The number of halogens is 3. The molecule has 2 aromatic rings. The predicted octanol–water partition coefficient (Wildman–Crippen LogP) is 4.48. The molecule has 0 saturated heterocycles. The zero-order valence-electron chi connectivity index (χ0n) is 17.5. The van der Waals surface area contributed by atoms with Gasteiger partial charge in [0.05, 0.1) is 23.6 Å². The second-order valence-corrected chi connectivity index (χ2v) is 9.09. The van der Waals surface area contributed by atoms with Crippen LogP contribution in [0.5, 0.6) is 0 Å². The topological polar surface area (TPSA) is 101 Å². The Morgan fingerprint density at radius 1 is 1.24 bits per heavy atom. The lowest BCUT2D eigenvalue weighted by atomic mass is 9.78. The Balaban J connectivity index is 1.85. The van der Waals surface area contributed by atoms with E-state index in [1.165, 1.54) is 24.5 Å². The van der Waals surface area contributed by atoms with Crippen LogP contribution in [-0.2, 0) is 14.3 Å². The van der Waals surface area contributed by atoms with Gasteiger partial charge in [-0.25, -0.2) is 18.6 Å². The number of carboxylic acids is 1. The quantitative estimate of drug-likeness (QED) is 0.468. The molecule has 1 aromatic heterocycles. The second-order valence-electron chi connectivity index (χ2n) is 7.81. The number of nitrogens with zero attached hydrogens (tertiary/aromatic N) is 2. The highest BCUT2D eigenvalue weighted by molar-refractivity contribution is 7.11. The Morgan fingerprint density at radius 3 is 2.58 bits per heavy atom. The van der Waals surface area contributed by atoms with E-state index in [0.29, 0.717) is 42.2 Å². The highest BCUT2D eigenvalue weighted by Gasteiger charge is 2.38. The molecule has 1 fully saturated rings. The van der Waals surface area contributed by atoms with Crippen molar-refractivity contribution in [3.63, 3.8) is 0 Å². The SMILES string of the molecule is COC(=O)C1=C(C2CCC(C(=O)O)CC2)NC(c2nccs2)=NC1c1ccc(F)c(F)c1Cl. The first-order valence-corrected chi connectivity index (χ1v) is 11.5. The Kier molecular flexibility index (Phi) is 6.76. The van der Waals surface area contributed by atoms with E-state index in [9.17, 15) is 23.5 Å². The van der Waals surface area contributed by atoms with Gasteiger partial charge in [0.2, 0.25) is 0 Å². The molecule has 11 heteroatoms. The van der Waals surface area contributed by atoms with Gasteiger partial charge in [-0.15, -0.1) is 11.3 Å². The Bertz CT molecular complexity index is 1140. The molecule has 1 atom stereocenters. The average molecular weight is 496 g/mol. The van der Waals surface area contributed by atoms with Gasteiger partial charge in [0.15, 0.2) is 22.5 Å². The Morgan fingerprint density at radius 2 is 1.97 bits per heavy atom. The van der Waals surface area contributed by atoms with Gasteiger partial charge >= 0.3 is 11.9 Å². The number of benzene rings is 1. The number of allylic oxidation sites excluding steroid dienone is 1.